The molecule has 1 aromatic carbocycles. The van der Waals surface area contributed by atoms with E-state index in [0.717, 1.165) is 6.42 Å². The second-order valence-corrected chi connectivity index (χ2v) is 6.07. The van der Waals surface area contributed by atoms with Gasteiger partial charge in [-0.1, -0.05) is 6.92 Å². The van der Waals surface area contributed by atoms with Gasteiger partial charge in [0.15, 0.2) is 18.1 Å². The number of rotatable bonds is 10. The van der Waals surface area contributed by atoms with Crippen LogP contribution in [0.5, 0.6) is 11.5 Å². The van der Waals surface area contributed by atoms with Gasteiger partial charge in [0.1, 0.15) is 0 Å². The van der Waals surface area contributed by atoms with E-state index >= 15 is 0 Å². The number of methoxy groups -OCH3 is 2. The summed E-state index contributed by atoms with van der Waals surface area (Å²) in [4.78, 5) is 35.2. The summed E-state index contributed by atoms with van der Waals surface area (Å²) in [6, 6.07) is 2.26. The highest BCUT2D eigenvalue weighted by atomic mass is 79.9. The quantitative estimate of drug-likeness (QED) is 0.416. The van der Waals surface area contributed by atoms with Crippen LogP contribution in [0, 0.1) is 0 Å². The smallest absolute Gasteiger partial charge is 0.338 e. The number of carbonyl (C=O) groups excluding carboxylic acids is 3. The lowest BCUT2D eigenvalue weighted by Crippen LogP contribution is -2.42. The number of carbonyl (C=O) groups is 3. The Bertz CT molecular complexity index is 667. The second kappa shape index (κ2) is 12.1. The van der Waals surface area contributed by atoms with Crippen molar-refractivity contribution in [1.82, 2.24) is 10.6 Å². The van der Waals surface area contributed by atoms with E-state index in [4.69, 9.17) is 18.9 Å². The molecule has 0 bridgehead atoms. The van der Waals surface area contributed by atoms with Crippen LogP contribution in [0.25, 0.3) is 0 Å². The van der Waals surface area contributed by atoms with Crippen molar-refractivity contribution >= 4 is 33.8 Å². The van der Waals surface area contributed by atoms with Crippen LogP contribution < -0.4 is 20.1 Å². The summed E-state index contributed by atoms with van der Waals surface area (Å²) in [6.45, 7) is 2.41. The molecule has 0 radical (unpaired) electrons. The van der Waals surface area contributed by atoms with Crippen LogP contribution >= 0.6 is 15.9 Å². The molecular weight excluding hydrogens is 424 g/mol. The standard InChI is InChI=1S/C17H23BrN2O7/c1-4-6-26-15-12(18)8-11(9-13(15)25-3)16(22)27-10-14(21)20-17(23)19-5-7-24-2/h8-9H,4-7,10H2,1-3H3,(H2,19,20,21,23). The van der Waals surface area contributed by atoms with Crippen LogP contribution in [0.1, 0.15) is 23.7 Å². The zero-order valence-electron chi connectivity index (χ0n) is 15.4. The zero-order chi connectivity index (χ0) is 20.2. The van der Waals surface area contributed by atoms with Crippen molar-refractivity contribution in [1.29, 1.82) is 0 Å². The minimum absolute atomic E-state index is 0.167. The number of benzene rings is 1. The lowest BCUT2D eigenvalue weighted by atomic mass is 10.2. The van der Waals surface area contributed by atoms with Gasteiger partial charge in [0, 0.05) is 13.7 Å². The number of amides is 3. The maximum Gasteiger partial charge on any atom is 0.338 e. The molecule has 0 fully saturated rings. The van der Waals surface area contributed by atoms with Crippen molar-refractivity contribution in [3.63, 3.8) is 0 Å². The van der Waals surface area contributed by atoms with E-state index in [0.29, 0.717) is 29.2 Å². The van der Waals surface area contributed by atoms with Gasteiger partial charge in [0.05, 0.1) is 30.4 Å². The summed E-state index contributed by atoms with van der Waals surface area (Å²) in [6.07, 6.45) is 0.813. The van der Waals surface area contributed by atoms with Gasteiger partial charge in [0.25, 0.3) is 5.91 Å². The van der Waals surface area contributed by atoms with Crippen molar-refractivity contribution in [3.05, 3.63) is 22.2 Å². The Morgan fingerprint density at radius 1 is 1.15 bits per heavy atom. The third-order valence-corrected chi connectivity index (χ3v) is 3.68. The molecule has 3 amide bonds. The third kappa shape index (κ3) is 7.83. The minimum Gasteiger partial charge on any atom is -0.493 e. The number of halogens is 1. The average molecular weight is 447 g/mol. The van der Waals surface area contributed by atoms with E-state index in [9.17, 15) is 14.4 Å². The molecule has 0 atom stereocenters. The number of nitrogens with one attached hydrogen (secondary N) is 2. The highest BCUT2D eigenvalue weighted by molar-refractivity contribution is 9.10. The first-order valence-electron chi connectivity index (χ1n) is 8.17. The summed E-state index contributed by atoms with van der Waals surface area (Å²) in [5.41, 5.74) is 0.167. The van der Waals surface area contributed by atoms with Crippen molar-refractivity contribution in [2.24, 2.45) is 0 Å². The zero-order valence-corrected chi connectivity index (χ0v) is 17.0. The molecule has 9 nitrogen and oxygen atoms in total. The molecule has 1 rings (SSSR count). The molecule has 0 heterocycles. The monoisotopic (exact) mass is 446 g/mol. The molecule has 0 aromatic heterocycles. The highest BCUT2D eigenvalue weighted by Gasteiger charge is 2.18. The van der Waals surface area contributed by atoms with Crippen LogP contribution in [0.15, 0.2) is 16.6 Å². The highest BCUT2D eigenvalue weighted by Crippen LogP contribution is 2.36. The van der Waals surface area contributed by atoms with Crippen molar-refractivity contribution < 1.29 is 33.3 Å². The molecule has 0 unspecified atom stereocenters. The summed E-state index contributed by atoms with van der Waals surface area (Å²) in [5, 5.41) is 4.44. The molecule has 0 aliphatic carbocycles. The summed E-state index contributed by atoms with van der Waals surface area (Å²) >= 11 is 3.32. The Labute approximate surface area is 165 Å². The Kier molecular flexibility index (Phi) is 10.2. The first kappa shape index (κ1) is 22.7. The van der Waals surface area contributed by atoms with Crippen LogP contribution in [-0.4, -0.2) is 58.5 Å². The molecule has 2 N–H and O–H groups in total. The molecule has 0 saturated heterocycles. The first-order valence-corrected chi connectivity index (χ1v) is 8.96. The fourth-order valence-corrected chi connectivity index (χ4v) is 2.43. The van der Waals surface area contributed by atoms with Crippen LogP contribution in [0.3, 0.4) is 0 Å². The summed E-state index contributed by atoms with van der Waals surface area (Å²) < 4.78 is 21.0. The largest absolute Gasteiger partial charge is 0.493 e. The predicted molar refractivity (Wildman–Crippen MR) is 100 cm³/mol. The van der Waals surface area contributed by atoms with Crippen molar-refractivity contribution in [3.8, 4) is 11.5 Å². The van der Waals surface area contributed by atoms with Crippen LogP contribution in [-0.2, 0) is 14.3 Å². The van der Waals surface area contributed by atoms with Gasteiger partial charge in [-0.2, -0.15) is 0 Å². The second-order valence-electron chi connectivity index (χ2n) is 5.21. The van der Waals surface area contributed by atoms with Gasteiger partial charge < -0.3 is 24.3 Å². The van der Waals surface area contributed by atoms with E-state index < -0.39 is 24.5 Å². The van der Waals surface area contributed by atoms with E-state index in [1.165, 1.54) is 26.4 Å². The molecule has 27 heavy (non-hydrogen) atoms. The SMILES string of the molecule is CCCOc1c(Br)cc(C(=O)OCC(=O)NC(=O)NCCOC)cc1OC. The topological polar surface area (TPSA) is 112 Å². The number of urea groups is 1. The molecule has 0 saturated carbocycles. The Balaban J connectivity index is 2.62. The molecule has 0 aliphatic heterocycles. The van der Waals surface area contributed by atoms with Gasteiger partial charge >= 0.3 is 12.0 Å². The molecule has 1 aromatic rings. The van der Waals surface area contributed by atoms with Crippen molar-refractivity contribution in [2.45, 2.75) is 13.3 Å². The Morgan fingerprint density at radius 2 is 1.89 bits per heavy atom. The van der Waals surface area contributed by atoms with Crippen LogP contribution in [0.4, 0.5) is 4.79 Å². The lowest BCUT2D eigenvalue weighted by molar-refractivity contribution is -0.123. The molecule has 0 spiro atoms. The maximum absolute atomic E-state index is 12.2. The molecule has 10 heteroatoms. The van der Waals surface area contributed by atoms with Crippen molar-refractivity contribution in [2.75, 3.05) is 40.6 Å². The first-order chi connectivity index (χ1) is 12.9. The van der Waals surface area contributed by atoms with Gasteiger partial charge in [0.2, 0.25) is 0 Å². The number of esters is 1. The predicted octanol–water partition coefficient (Wildman–Crippen LogP) is 1.88. The molecule has 0 aliphatic rings. The Hall–Kier alpha value is -2.33. The van der Waals surface area contributed by atoms with E-state index in [1.807, 2.05) is 12.2 Å². The van der Waals surface area contributed by atoms with E-state index in [1.54, 1.807) is 0 Å². The summed E-state index contributed by atoms with van der Waals surface area (Å²) in [5.74, 6) is -0.675. The van der Waals surface area contributed by atoms with Gasteiger partial charge in [-0.15, -0.1) is 0 Å². The summed E-state index contributed by atoms with van der Waals surface area (Å²) in [7, 11) is 2.94. The fraction of sp³-hybridized carbons (Fsp3) is 0.471. The number of imide groups is 1. The van der Waals surface area contributed by atoms with E-state index in [2.05, 4.69) is 21.2 Å². The number of ether oxygens (including phenoxy) is 4. The van der Waals surface area contributed by atoms with Gasteiger partial charge in [-0.3, -0.25) is 10.1 Å². The molecular formula is C17H23BrN2O7. The van der Waals surface area contributed by atoms with E-state index in [-0.39, 0.29) is 12.1 Å². The normalized spacial score (nSPS) is 10.1. The third-order valence-electron chi connectivity index (χ3n) is 3.09. The lowest BCUT2D eigenvalue weighted by Gasteiger charge is -2.13. The maximum atomic E-state index is 12.2. The number of hydrogen-bond donors (Lipinski definition) is 2. The van der Waals surface area contributed by atoms with Gasteiger partial charge in [-0.05, 0) is 34.5 Å². The minimum atomic E-state index is -0.757. The van der Waals surface area contributed by atoms with Crippen LogP contribution in [0.2, 0.25) is 0 Å². The fourth-order valence-electron chi connectivity index (χ4n) is 1.87. The Morgan fingerprint density at radius 3 is 2.52 bits per heavy atom. The van der Waals surface area contributed by atoms with Gasteiger partial charge in [-0.25, -0.2) is 9.59 Å². The number of hydrogen-bond acceptors (Lipinski definition) is 7. The molecule has 150 valence electrons. The average Bonchev–Trinajstić information content (AvgIpc) is 2.64.